The summed E-state index contributed by atoms with van der Waals surface area (Å²) in [5, 5.41) is 0. The molecule has 0 radical (unpaired) electrons. The molecule has 0 spiro atoms. The van der Waals surface area contributed by atoms with Gasteiger partial charge in [0.25, 0.3) is 7.11 Å². The zero-order valence-corrected chi connectivity index (χ0v) is 23.0. The summed E-state index contributed by atoms with van der Waals surface area (Å²) in [7, 11) is -6.26. The molecule has 0 saturated heterocycles. The van der Waals surface area contributed by atoms with Gasteiger partial charge in [-0.15, -0.1) is 0 Å². The Hall–Kier alpha value is -3.33. The van der Waals surface area contributed by atoms with Crippen molar-refractivity contribution in [1.29, 1.82) is 0 Å². The van der Waals surface area contributed by atoms with Crippen LogP contribution in [-0.2, 0) is 24.5 Å². The molecule has 1 aromatic rings. The van der Waals surface area contributed by atoms with Crippen LogP contribution in [0.3, 0.4) is 0 Å². The van der Waals surface area contributed by atoms with E-state index < -0.39 is 20.0 Å². The smallest absolute Gasteiger partial charge is 0.343 e. The highest BCUT2D eigenvalue weighted by Crippen LogP contribution is 2.38. The van der Waals surface area contributed by atoms with Gasteiger partial charge in [0, 0.05) is 12.2 Å². The van der Waals surface area contributed by atoms with E-state index in [1.165, 1.54) is 63.2 Å². The Labute approximate surface area is 219 Å². The number of aryl methyl sites for hydroxylation is 2. The van der Waals surface area contributed by atoms with Gasteiger partial charge in [0.15, 0.2) is 0 Å². The number of nitrogens with zero attached hydrogens (tertiary/aromatic N) is 1. The maximum Gasteiger partial charge on any atom is 0.343 e. The molecule has 0 amide bonds. The lowest BCUT2D eigenvalue weighted by atomic mass is 9.99. The van der Waals surface area contributed by atoms with Crippen LogP contribution in [0.1, 0.15) is 42.0 Å². The molecule has 0 unspecified atom stereocenters. The first-order chi connectivity index (χ1) is 17.4. The lowest BCUT2D eigenvalue weighted by Crippen LogP contribution is -1.95. The van der Waals surface area contributed by atoms with Gasteiger partial charge in [-0.05, 0) is 89.1 Å². The Kier molecular flexibility index (Phi) is 7.37. The van der Waals surface area contributed by atoms with Gasteiger partial charge < -0.3 is 4.13 Å². The monoisotopic (exact) mass is 535 g/mol. The van der Waals surface area contributed by atoms with Crippen molar-refractivity contribution >= 4 is 31.9 Å². The summed E-state index contributed by atoms with van der Waals surface area (Å²) in [6.07, 6.45) is 10.5. The van der Waals surface area contributed by atoms with E-state index in [1.54, 1.807) is 7.11 Å². The summed E-state index contributed by atoms with van der Waals surface area (Å²) >= 11 is 0. The van der Waals surface area contributed by atoms with Crippen molar-refractivity contribution in [3.63, 3.8) is 0 Å². The van der Waals surface area contributed by atoms with Gasteiger partial charge in [0.1, 0.15) is 20.0 Å². The van der Waals surface area contributed by atoms with Crippen LogP contribution in [0.2, 0.25) is 0 Å². The van der Waals surface area contributed by atoms with Gasteiger partial charge in [-0.1, -0.05) is 50.2 Å². The molecule has 0 aromatic heterocycles. The molecule has 0 fully saturated rings. The van der Waals surface area contributed by atoms with E-state index in [1.807, 2.05) is 12.2 Å². The molecular weight excluding hydrogens is 506 g/mol. The van der Waals surface area contributed by atoms with Crippen LogP contribution in [-0.4, -0.2) is 29.7 Å². The van der Waals surface area contributed by atoms with Crippen molar-refractivity contribution in [1.82, 2.24) is 0 Å². The number of hydrogen-bond acceptors (Lipinski definition) is 4. The Morgan fingerprint density at radius 1 is 0.811 bits per heavy atom. The van der Waals surface area contributed by atoms with Gasteiger partial charge >= 0.3 is 5.78 Å². The number of fused-ring (bicyclic) bond motifs is 2. The van der Waals surface area contributed by atoms with E-state index in [0.717, 1.165) is 5.78 Å². The van der Waals surface area contributed by atoms with Crippen molar-refractivity contribution in [2.45, 2.75) is 43.4 Å². The average Bonchev–Trinajstić information content (AvgIpc) is 3.15. The SMILES string of the molecule is C[O+]=C1C=CC(=Cc2cc(C)c3cc(C(C)C)ccc(C)c2-3)C=C1.O=S1(=O)[N-]S(=O)(=O)c2ccccc21. The normalized spacial score (nSPS) is 16.9. The predicted molar refractivity (Wildman–Crippen MR) is 148 cm³/mol. The molecule has 1 aromatic carbocycles. The van der Waals surface area contributed by atoms with Crippen molar-refractivity contribution in [3.05, 3.63) is 105 Å². The van der Waals surface area contributed by atoms with Crippen LogP contribution in [0.15, 0.2) is 88.2 Å². The molecular formula is C29H29NO5S2. The molecule has 0 atom stereocenters. The van der Waals surface area contributed by atoms with E-state index in [0.29, 0.717) is 5.92 Å². The largest absolute Gasteiger partial charge is 0.428 e. The zero-order valence-electron chi connectivity index (χ0n) is 21.4. The number of sulfonamides is 2. The first-order valence-electron chi connectivity index (χ1n) is 11.8. The van der Waals surface area contributed by atoms with Gasteiger partial charge in [-0.25, -0.2) is 16.8 Å². The lowest BCUT2D eigenvalue weighted by molar-refractivity contribution is -0.417. The third-order valence-corrected chi connectivity index (χ3v) is 9.81. The minimum absolute atomic E-state index is 0.241. The van der Waals surface area contributed by atoms with Crippen LogP contribution in [0.25, 0.3) is 21.3 Å². The fourth-order valence-electron chi connectivity index (χ4n) is 4.32. The van der Waals surface area contributed by atoms with Gasteiger partial charge in [0.2, 0.25) is 0 Å². The summed E-state index contributed by atoms with van der Waals surface area (Å²) < 4.78 is 52.5. The number of hydrogen-bond donors (Lipinski definition) is 0. The first-order valence-corrected chi connectivity index (χ1v) is 14.7. The van der Waals surface area contributed by atoms with E-state index in [-0.39, 0.29) is 9.79 Å². The second-order valence-corrected chi connectivity index (χ2v) is 12.7. The summed E-state index contributed by atoms with van der Waals surface area (Å²) in [5.41, 5.74) is 9.25. The fraction of sp³-hybridized carbons (Fsp3) is 0.207. The molecule has 5 rings (SSSR count). The molecule has 6 nitrogen and oxygen atoms in total. The molecule has 192 valence electrons. The third kappa shape index (κ3) is 5.51. The van der Waals surface area contributed by atoms with Crippen molar-refractivity contribution in [3.8, 4) is 11.1 Å². The second-order valence-electron chi connectivity index (χ2n) is 9.28. The molecule has 4 aliphatic rings. The van der Waals surface area contributed by atoms with Crippen molar-refractivity contribution < 1.29 is 21.3 Å². The minimum atomic E-state index is -3.98. The van der Waals surface area contributed by atoms with Crippen LogP contribution in [0, 0.1) is 13.8 Å². The highest BCUT2D eigenvalue weighted by molar-refractivity contribution is 8.14. The fourth-order valence-corrected chi connectivity index (χ4v) is 7.77. The van der Waals surface area contributed by atoms with E-state index in [4.69, 9.17) is 4.42 Å². The molecule has 3 aliphatic carbocycles. The Balaban J connectivity index is 0.000000207. The minimum Gasteiger partial charge on any atom is -0.428 e. The van der Waals surface area contributed by atoms with Gasteiger partial charge in [-0.2, -0.15) is 0 Å². The Morgan fingerprint density at radius 3 is 1.95 bits per heavy atom. The number of allylic oxidation sites excluding steroid dienone is 5. The molecule has 1 heterocycles. The van der Waals surface area contributed by atoms with E-state index in [9.17, 15) is 16.8 Å². The molecule has 0 saturated carbocycles. The summed E-state index contributed by atoms with van der Waals surface area (Å²) in [4.78, 5) is -0.481. The standard InChI is InChI=1S/C23H25O.C6H4NO4S2/c1-15(2)19-9-6-16(3)23-20(12-17(4)22(23)14-19)13-18-7-10-21(24-5)11-8-18;8-12(9)5-3-1-2-4-6(5)13(10,11)7-12/h6-15H,1-5H3;1-4H/q+1;-1. The quantitative estimate of drug-likeness (QED) is 0.364. The molecule has 0 N–H and O–H groups in total. The summed E-state index contributed by atoms with van der Waals surface area (Å²) in [5.74, 6) is 1.42. The maximum absolute atomic E-state index is 11.1. The Morgan fingerprint density at radius 2 is 1.41 bits per heavy atom. The lowest BCUT2D eigenvalue weighted by Gasteiger charge is -2.05. The Bertz CT molecular complexity index is 1610. The average molecular weight is 536 g/mol. The van der Waals surface area contributed by atoms with Crippen LogP contribution in [0.5, 0.6) is 0 Å². The number of ketones is 1. The highest BCUT2D eigenvalue weighted by atomic mass is 32.3. The molecule has 0 bridgehead atoms. The highest BCUT2D eigenvalue weighted by Gasteiger charge is 2.26. The summed E-state index contributed by atoms with van der Waals surface area (Å²) in [6.45, 7) is 8.91. The number of rotatable bonds is 2. The summed E-state index contributed by atoms with van der Waals surface area (Å²) in [6, 6.07) is 14.5. The van der Waals surface area contributed by atoms with Gasteiger partial charge in [-0.3, -0.25) is 4.42 Å². The van der Waals surface area contributed by atoms with Crippen molar-refractivity contribution in [2.75, 3.05) is 7.11 Å². The molecule has 8 heteroatoms. The number of carbonyl (C=O) groups excluding carboxylic acids is 1. The molecule has 1 aliphatic heterocycles. The topological polar surface area (TPSA) is 93.7 Å². The second kappa shape index (κ2) is 10.2. The van der Waals surface area contributed by atoms with Crippen LogP contribution >= 0.6 is 0 Å². The zero-order chi connectivity index (χ0) is 27.0. The van der Waals surface area contributed by atoms with Gasteiger partial charge in [0.05, 0.1) is 9.79 Å². The van der Waals surface area contributed by atoms with E-state index in [2.05, 4.69) is 74.3 Å². The number of benzene rings is 1. The van der Waals surface area contributed by atoms with Crippen molar-refractivity contribution in [2.24, 2.45) is 0 Å². The first kappa shape index (κ1) is 26.7. The molecule has 37 heavy (non-hydrogen) atoms. The van der Waals surface area contributed by atoms with E-state index >= 15 is 0 Å². The maximum atomic E-state index is 11.1. The van der Waals surface area contributed by atoms with Crippen LogP contribution in [0.4, 0.5) is 0 Å². The third-order valence-electron chi connectivity index (χ3n) is 6.29. The predicted octanol–water partition coefficient (Wildman–Crippen LogP) is 6.23. The van der Waals surface area contributed by atoms with Crippen LogP contribution < -0.4 is 0 Å².